The molecular formula is C17H28NO3PS2Se. The van der Waals surface area contributed by atoms with Crippen LogP contribution in [0.5, 0.6) is 0 Å². The zero-order valence-electron chi connectivity index (χ0n) is 15.3. The molecule has 0 unspecified atom stereocenters. The zero-order chi connectivity index (χ0) is 18.3. The fourth-order valence-corrected chi connectivity index (χ4v) is 14.1. The Morgan fingerprint density at radius 2 is 1.76 bits per heavy atom. The standard InChI is InChI=1S/C17H28NO3PS2Se/c1-14(2)20-22(23,21-15(3)4)24-25-17-8-6-5-7-16(17)13-18-9-11-19-12-10-18/h5-8,14-15H,9-13H2,1-4H3. The number of hydrogen-bond donors (Lipinski definition) is 0. The molecule has 0 bridgehead atoms. The average molecular weight is 468 g/mol. The van der Waals surface area contributed by atoms with Gasteiger partial charge in [0.1, 0.15) is 0 Å². The van der Waals surface area contributed by atoms with Gasteiger partial charge < -0.3 is 0 Å². The molecular weight excluding hydrogens is 440 g/mol. The van der Waals surface area contributed by atoms with Crippen LogP contribution in [0, 0.1) is 0 Å². The molecule has 1 heterocycles. The number of rotatable bonds is 9. The van der Waals surface area contributed by atoms with E-state index in [-0.39, 0.29) is 26.0 Å². The summed E-state index contributed by atoms with van der Waals surface area (Å²) in [6.07, 6.45) is 0.160. The summed E-state index contributed by atoms with van der Waals surface area (Å²) in [5, 5.41) is 0. The van der Waals surface area contributed by atoms with Crippen LogP contribution >= 0.6 is 15.5 Å². The van der Waals surface area contributed by atoms with Crippen LogP contribution in [0.4, 0.5) is 0 Å². The monoisotopic (exact) mass is 469 g/mol. The van der Waals surface area contributed by atoms with Gasteiger partial charge in [0.25, 0.3) is 0 Å². The third-order valence-corrected chi connectivity index (χ3v) is 16.6. The molecule has 0 saturated carbocycles. The Morgan fingerprint density at radius 1 is 1.16 bits per heavy atom. The van der Waals surface area contributed by atoms with Gasteiger partial charge in [-0.25, -0.2) is 0 Å². The molecule has 0 N–H and O–H groups in total. The molecule has 1 aromatic rings. The molecule has 0 radical (unpaired) electrons. The molecule has 1 fully saturated rings. The van der Waals surface area contributed by atoms with Crippen molar-refractivity contribution in [3.8, 4) is 0 Å². The van der Waals surface area contributed by atoms with Crippen molar-refractivity contribution < 1.29 is 13.8 Å². The molecule has 2 rings (SSSR count). The summed E-state index contributed by atoms with van der Waals surface area (Å²) in [6.45, 7) is 12.7. The first kappa shape index (κ1) is 21.9. The maximum absolute atomic E-state index is 6.02. The first-order valence-corrected chi connectivity index (χ1v) is 15.5. The third kappa shape index (κ3) is 8.00. The van der Waals surface area contributed by atoms with Crippen molar-refractivity contribution in [1.29, 1.82) is 0 Å². The van der Waals surface area contributed by atoms with Crippen molar-refractivity contribution in [3.05, 3.63) is 29.8 Å². The molecule has 25 heavy (non-hydrogen) atoms. The summed E-state index contributed by atoms with van der Waals surface area (Å²) in [5.74, 6) is 0. The molecule has 0 spiro atoms. The van der Waals surface area contributed by atoms with Gasteiger partial charge in [-0.3, -0.25) is 0 Å². The Labute approximate surface area is 166 Å². The molecule has 1 aromatic carbocycles. The van der Waals surface area contributed by atoms with E-state index in [1.807, 2.05) is 27.7 Å². The first-order chi connectivity index (χ1) is 11.9. The molecule has 4 nitrogen and oxygen atoms in total. The molecule has 8 heteroatoms. The minimum atomic E-state index is -2.32. The van der Waals surface area contributed by atoms with E-state index in [0.717, 1.165) is 32.8 Å². The summed E-state index contributed by atoms with van der Waals surface area (Å²) < 4.78 is 18.9. The number of ether oxygens (including phenoxy) is 1. The summed E-state index contributed by atoms with van der Waals surface area (Å²) >= 11 is 5.95. The molecule has 0 amide bonds. The summed E-state index contributed by atoms with van der Waals surface area (Å²) in [5.41, 5.74) is -0.933. The van der Waals surface area contributed by atoms with Gasteiger partial charge in [-0.15, -0.1) is 0 Å². The van der Waals surface area contributed by atoms with Gasteiger partial charge in [0.2, 0.25) is 0 Å². The van der Waals surface area contributed by atoms with Crippen LogP contribution in [0.2, 0.25) is 0 Å². The SMILES string of the molecule is CC(C)OP(=S)(OC(C)C)S[Se]c1ccccc1CN1CCOCC1. The van der Waals surface area contributed by atoms with Crippen molar-refractivity contribution in [2.75, 3.05) is 26.3 Å². The van der Waals surface area contributed by atoms with Crippen molar-refractivity contribution in [3.63, 3.8) is 0 Å². The Balaban J connectivity index is 2.04. The van der Waals surface area contributed by atoms with Crippen molar-refractivity contribution in [2.45, 2.75) is 46.4 Å². The predicted molar refractivity (Wildman–Crippen MR) is 112 cm³/mol. The number of hydrogen-bond acceptors (Lipinski definition) is 6. The second-order valence-electron chi connectivity index (χ2n) is 6.41. The Kier molecular flexibility index (Phi) is 9.45. The molecule has 1 saturated heterocycles. The van der Waals surface area contributed by atoms with Crippen molar-refractivity contribution in [1.82, 2.24) is 4.90 Å². The maximum atomic E-state index is 6.02. The fourth-order valence-electron chi connectivity index (χ4n) is 2.38. The second kappa shape index (κ2) is 10.8. The normalized spacial score (nSPS) is 16.7. The van der Waals surface area contributed by atoms with Crippen LogP contribution < -0.4 is 4.46 Å². The van der Waals surface area contributed by atoms with Crippen LogP contribution in [0.15, 0.2) is 24.3 Å². The van der Waals surface area contributed by atoms with E-state index < -0.39 is 5.69 Å². The van der Waals surface area contributed by atoms with Crippen molar-refractivity contribution >= 4 is 45.6 Å². The molecule has 0 atom stereocenters. The third-order valence-electron chi connectivity index (χ3n) is 3.37. The van der Waals surface area contributed by atoms with Gasteiger partial charge in [0.15, 0.2) is 0 Å². The zero-order valence-corrected chi connectivity index (χ0v) is 19.6. The number of morpholine rings is 1. The summed E-state index contributed by atoms with van der Waals surface area (Å²) in [4.78, 5) is 2.45. The van der Waals surface area contributed by atoms with E-state index in [0.29, 0.717) is 0 Å². The number of benzene rings is 1. The second-order valence-corrected chi connectivity index (χ2v) is 16.9. The van der Waals surface area contributed by atoms with Gasteiger partial charge in [-0.2, -0.15) is 0 Å². The van der Waals surface area contributed by atoms with E-state index in [1.54, 1.807) is 9.80 Å². The minimum absolute atomic E-state index is 0.0801. The average Bonchev–Trinajstić information content (AvgIpc) is 2.53. The van der Waals surface area contributed by atoms with Gasteiger partial charge in [0, 0.05) is 0 Å². The van der Waals surface area contributed by atoms with Crippen molar-refractivity contribution in [2.24, 2.45) is 0 Å². The van der Waals surface area contributed by atoms with E-state index in [2.05, 4.69) is 29.2 Å². The van der Waals surface area contributed by atoms with E-state index in [4.69, 9.17) is 25.6 Å². The van der Waals surface area contributed by atoms with Crippen LogP contribution in [0.25, 0.3) is 0 Å². The fraction of sp³-hybridized carbons (Fsp3) is 0.647. The van der Waals surface area contributed by atoms with Gasteiger partial charge >= 0.3 is 167 Å². The molecule has 0 aliphatic carbocycles. The Morgan fingerprint density at radius 3 is 2.36 bits per heavy atom. The van der Waals surface area contributed by atoms with Gasteiger partial charge in [-0.05, 0) is 0 Å². The molecule has 142 valence electrons. The van der Waals surface area contributed by atoms with E-state index in [9.17, 15) is 0 Å². The van der Waals surface area contributed by atoms with Crippen LogP contribution in [0.3, 0.4) is 0 Å². The molecule has 1 aliphatic rings. The Bertz CT molecular complexity index is 569. The molecule has 0 aromatic heterocycles. The van der Waals surface area contributed by atoms with E-state index in [1.165, 1.54) is 10.0 Å². The quantitative estimate of drug-likeness (QED) is 0.407. The van der Waals surface area contributed by atoms with Crippen LogP contribution in [0.1, 0.15) is 33.3 Å². The topological polar surface area (TPSA) is 30.9 Å². The summed E-state index contributed by atoms with van der Waals surface area (Å²) in [7, 11) is 1.71. The Hall–Kier alpha value is 0.579. The number of nitrogens with zero attached hydrogens (tertiary/aromatic N) is 1. The van der Waals surface area contributed by atoms with Gasteiger partial charge in [-0.1, -0.05) is 0 Å². The van der Waals surface area contributed by atoms with Gasteiger partial charge in [0.05, 0.1) is 0 Å². The van der Waals surface area contributed by atoms with E-state index >= 15 is 0 Å². The molecule has 1 aliphatic heterocycles. The summed E-state index contributed by atoms with van der Waals surface area (Å²) in [6, 6.07) is 8.67. The van der Waals surface area contributed by atoms with Crippen LogP contribution in [-0.4, -0.2) is 57.2 Å². The first-order valence-electron chi connectivity index (χ1n) is 8.59. The van der Waals surface area contributed by atoms with Crippen LogP contribution in [-0.2, 0) is 32.1 Å². The predicted octanol–water partition coefficient (Wildman–Crippen LogP) is 3.57.